The largest absolute Gasteiger partial charge is 0.477 e. The van der Waals surface area contributed by atoms with Gasteiger partial charge in [-0.25, -0.2) is 9.59 Å². The minimum atomic E-state index is -1.27. The first-order valence-corrected chi connectivity index (χ1v) is 5.24. The number of nitro benzene ring substituents is 1. The fourth-order valence-electron chi connectivity index (χ4n) is 1.69. The monoisotopic (exact) mass is 263 g/mol. The van der Waals surface area contributed by atoms with Crippen molar-refractivity contribution in [3.63, 3.8) is 0 Å². The van der Waals surface area contributed by atoms with Crippen LogP contribution < -0.4 is 10.6 Å². The molecule has 1 aliphatic heterocycles. The number of carboxylic acids is 1. The third-order valence-electron chi connectivity index (χ3n) is 2.54. The van der Waals surface area contributed by atoms with Gasteiger partial charge in [-0.15, -0.1) is 0 Å². The molecule has 1 aromatic carbocycles. The molecule has 1 atom stereocenters. The first-order valence-electron chi connectivity index (χ1n) is 5.24. The van der Waals surface area contributed by atoms with Crippen molar-refractivity contribution in [1.29, 1.82) is 0 Å². The number of hydrogen-bond acceptors (Lipinski definition) is 4. The van der Waals surface area contributed by atoms with E-state index in [1.807, 2.05) is 0 Å². The molecule has 98 valence electrons. The number of hydrogen-bond donors (Lipinski definition) is 3. The Morgan fingerprint density at radius 2 is 2.16 bits per heavy atom. The van der Waals surface area contributed by atoms with Gasteiger partial charge in [-0.05, 0) is 11.6 Å². The van der Waals surface area contributed by atoms with Crippen LogP contribution in [0, 0.1) is 10.1 Å². The highest BCUT2D eigenvalue weighted by atomic mass is 16.6. The molecular weight excluding hydrogens is 254 g/mol. The van der Waals surface area contributed by atoms with Crippen LogP contribution in [0.25, 0.3) is 0 Å². The van der Waals surface area contributed by atoms with Crippen LogP contribution in [-0.4, -0.2) is 22.0 Å². The number of rotatable bonds is 3. The van der Waals surface area contributed by atoms with Gasteiger partial charge in [0.25, 0.3) is 5.69 Å². The average molecular weight is 263 g/mol. The highest BCUT2D eigenvalue weighted by molar-refractivity contribution is 5.93. The van der Waals surface area contributed by atoms with Crippen LogP contribution in [0.4, 0.5) is 10.5 Å². The Morgan fingerprint density at radius 1 is 1.42 bits per heavy atom. The molecule has 0 saturated carbocycles. The van der Waals surface area contributed by atoms with Gasteiger partial charge in [0.15, 0.2) is 0 Å². The van der Waals surface area contributed by atoms with Crippen molar-refractivity contribution in [2.75, 3.05) is 0 Å². The van der Waals surface area contributed by atoms with Crippen LogP contribution in [0.3, 0.4) is 0 Å². The summed E-state index contributed by atoms with van der Waals surface area (Å²) in [5.41, 5.74) is 0.0404. The second kappa shape index (κ2) is 4.77. The number of aliphatic carboxylic acids is 1. The van der Waals surface area contributed by atoms with Gasteiger partial charge in [-0.2, -0.15) is 0 Å². The number of benzene rings is 1. The minimum absolute atomic E-state index is 0.129. The second-order valence-corrected chi connectivity index (χ2v) is 3.81. The molecule has 2 amide bonds. The topological polar surface area (TPSA) is 122 Å². The van der Waals surface area contributed by atoms with Crippen molar-refractivity contribution in [2.45, 2.75) is 6.04 Å². The molecule has 0 fully saturated rings. The zero-order valence-corrected chi connectivity index (χ0v) is 9.49. The molecule has 0 aliphatic carbocycles. The highest BCUT2D eigenvalue weighted by Crippen LogP contribution is 2.22. The molecule has 1 aliphatic rings. The normalized spacial score (nSPS) is 18.0. The number of nitrogens with zero attached hydrogens (tertiary/aromatic N) is 1. The second-order valence-electron chi connectivity index (χ2n) is 3.81. The van der Waals surface area contributed by atoms with E-state index in [1.165, 1.54) is 24.3 Å². The Bertz CT molecular complexity index is 596. The molecule has 0 saturated heterocycles. The van der Waals surface area contributed by atoms with Gasteiger partial charge in [0.1, 0.15) is 5.70 Å². The van der Waals surface area contributed by atoms with Gasteiger partial charge in [-0.3, -0.25) is 10.1 Å². The molecule has 0 unspecified atom stereocenters. The van der Waals surface area contributed by atoms with Gasteiger partial charge >= 0.3 is 12.0 Å². The summed E-state index contributed by atoms with van der Waals surface area (Å²) in [7, 11) is 0. The quantitative estimate of drug-likeness (QED) is 0.552. The van der Waals surface area contributed by atoms with E-state index in [1.54, 1.807) is 6.07 Å². The van der Waals surface area contributed by atoms with E-state index >= 15 is 0 Å². The molecule has 1 heterocycles. The minimum Gasteiger partial charge on any atom is -0.477 e. The van der Waals surface area contributed by atoms with Crippen molar-refractivity contribution < 1.29 is 19.6 Å². The van der Waals surface area contributed by atoms with Gasteiger partial charge in [0.05, 0.1) is 11.0 Å². The summed E-state index contributed by atoms with van der Waals surface area (Å²) in [4.78, 5) is 32.3. The number of amides is 2. The molecule has 0 radical (unpaired) electrons. The fourth-order valence-corrected chi connectivity index (χ4v) is 1.69. The summed E-state index contributed by atoms with van der Waals surface area (Å²) in [6, 6.07) is 4.24. The molecule has 0 spiro atoms. The molecule has 1 aromatic rings. The third kappa shape index (κ3) is 2.68. The fraction of sp³-hybridized carbons (Fsp3) is 0.0909. The van der Waals surface area contributed by atoms with Crippen LogP contribution >= 0.6 is 0 Å². The number of non-ortho nitro benzene ring substituents is 1. The number of carboxylic acid groups (broad SMARTS) is 1. The Kier molecular flexibility index (Phi) is 3.15. The van der Waals surface area contributed by atoms with E-state index in [9.17, 15) is 19.7 Å². The van der Waals surface area contributed by atoms with E-state index in [4.69, 9.17) is 5.11 Å². The maximum absolute atomic E-state index is 11.3. The summed E-state index contributed by atoms with van der Waals surface area (Å²) in [6.07, 6.45) is 1.28. The third-order valence-corrected chi connectivity index (χ3v) is 2.54. The summed E-state index contributed by atoms with van der Waals surface area (Å²) in [5, 5.41) is 24.1. The SMILES string of the molecule is O=C1NC(C(=O)O)=C[C@H](c2cccc([N+](=O)[O-])c2)N1. The van der Waals surface area contributed by atoms with Crippen molar-refractivity contribution in [2.24, 2.45) is 0 Å². The van der Waals surface area contributed by atoms with Gasteiger partial charge in [0, 0.05) is 12.1 Å². The summed E-state index contributed by atoms with van der Waals surface area (Å²) in [6.45, 7) is 0. The standard InChI is InChI=1S/C11H9N3O5/c15-10(16)9-5-8(12-11(17)13-9)6-2-1-3-7(4-6)14(18)19/h1-5,8H,(H,15,16)(H2,12,13,17)/t8-/m1/s1. The van der Waals surface area contributed by atoms with Crippen molar-refractivity contribution in [1.82, 2.24) is 10.6 Å². The molecule has 19 heavy (non-hydrogen) atoms. The molecule has 8 heteroatoms. The predicted molar refractivity (Wildman–Crippen MR) is 63.2 cm³/mol. The van der Waals surface area contributed by atoms with Crippen LogP contribution in [0.15, 0.2) is 36.0 Å². The molecular formula is C11H9N3O5. The van der Waals surface area contributed by atoms with Gasteiger partial charge < -0.3 is 15.7 Å². The molecule has 0 bridgehead atoms. The predicted octanol–water partition coefficient (Wildman–Crippen LogP) is 0.917. The number of urea groups is 1. The Labute approximate surface area is 106 Å². The lowest BCUT2D eigenvalue weighted by Crippen LogP contribution is -2.43. The van der Waals surface area contributed by atoms with Gasteiger partial charge in [-0.1, -0.05) is 12.1 Å². The lowest BCUT2D eigenvalue weighted by atomic mass is 10.0. The molecule has 8 nitrogen and oxygen atoms in total. The van der Waals surface area contributed by atoms with E-state index in [0.29, 0.717) is 5.56 Å². The Hall–Kier alpha value is -2.90. The first-order chi connectivity index (χ1) is 8.97. The zero-order valence-electron chi connectivity index (χ0n) is 9.49. The lowest BCUT2D eigenvalue weighted by molar-refractivity contribution is -0.384. The van der Waals surface area contributed by atoms with E-state index < -0.39 is 23.0 Å². The van der Waals surface area contributed by atoms with E-state index in [2.05, 4.69) is 10.6 Å². The Morgan fingerprint density at radius 3 is 2.79 bits per heavy atom. The highest BCUT2D eigenvalue weighted by Gasteiger charge is 2.24. The smallest absolute Gasteiger partial charge is 0.352 e. The zero-order chi connectivity index (χ0) is 14.0. The van der Waals surface area contributed by atoms with Crippen molar-refractivity contribution in [3.05, 3.63) is 51.7 Å². The van der Waals surface area contributed by atoms with Crippen LogP contribution in [0.2, 0.25) is 0 Å². The molecule has 0 aromatic heterocycles. The number of nitrogens with one attached hydrogen (secondary N) is 2. The number of carbonyl (C=O) groups is 2. The lowest BCUT2D eigenvalue weighted by Gasteiger charge is -2.21. The summed E-state index contributed by atoms with van der Waals surface area (Å²) < 4.78 is 0. The van der Waals surface area contributed by atoms with Crippen LogP contribution in [0.5, 0.6) is 0 Å². The summed E-state index contributed by atoms with van der Waals surface area (Å²) >= 11 is 0. The number of nitro groups is 1. The van der Waals surface area contributed by atoms with E-state index in [0.717, 1.165) is 0 Å². The van der Waals surface area contributed by atoms with Crippen LogP contribution in [-0.2, 0) is 4.79 Å². The van der Waals surface area contributed by atoms with Crippen molar-refractivity contribution in [3.8, 4) is 0 Å². The number of carbonyl (C=O) groups excluding carboxylic acids is 1. The molecule has 3 N–H and O–H groups in total. The average Bonchev–Trinajstić information content (AvgIpc) is 2.38. The van der Waals surface area contributed by atoms with E-state index in [-0.39, 0.29) is 11.4 Å². The molecule has 2 rings (SSSR count). The van der Waals surface area contributed by atoms with Crippen LogP contribution in [0.1, 0.15) is 11.6 Å². The maximum Gasteiger partial charge on any atom is 0.352 e. The van der Waals surface area contributed by atoms with Crippen molar-refractivity contribution >= 4 is 17.7 Å². The Balaban J connectivity index is 2.38. The first kappa shape index (κ1) is 12.6. The maximum atomic E-state index is 11.3. The van der Waals surface area contributed by atoms with Gasteiger partial charge in [0.2, 0.25) is 0 Å². The summed E-state index contributed by atoms with van der Waals surface area (Å²) in [5.74, 6) is -1.27.